The summed E-state index contributed by atoms with van der Waals surface area (Å²) >= 11 is 0. The minimum Gasteiger partial charge on any atom is -0.477 e. The quantitative estimate of drug-likeness (QED) is 0.308. The van der Waals surface area contributed by atoms with Crippen LogP contribution in [0.4, 0.5) is 0 Å². The molecule has 8 aliphatic rings. The molecule has 2 saturated heterocycles. The molecule has 8 unspecified atom stereocenters. The Bertz CT molecular complexity index is 1610. The van der Waals surface area contributed by atoms with Crippen LogP contribution in [0.1, 0.15) is 142 Å². The lowest BCUT2D eigenvalue weighted by Gasteiger charge is -2.54. The van der Waals surface area contributed by atoms with E-state index in [4.69, 9.17) is 18.9 Å². The van der Waals surface area contributed by atoms with Gasteiger partial charge >= 0.3 is 0 Å². The van der Waals surface area contributed by atoms with Crippen molar-refractivity contribution < 1.29 is 28.5 Å². The predicted molar refractivity (Wildman–Crippen MR) is 174 cm³/mol. The minimum atomic E-state index is -1.43. The summed E-state index contributed by atoms with van der Waals surface area (Å²) in [7, 11) is 0. The number of carbonyl (C=O) groups is 2. The van der Waals surface area contributed by atoms with Gasteiger partial charge in [0.25, 0.3) is 5.78 Å². The standard InChI is InChI=1S/C40H52O6/c1-20(2)22-15-23-24(18-38-13-9-11-36(5,6)28(38)16-26(23)44-38)33-32(22)43-35-30-25(31(41)34(42)40(35,46-33)21(3)4)19-39-14-10-12-37(7,8)29(39)17-27(30)45-39/h15,20-21,26-29,35H,9-14,16-19H2,1-8H3. The Balaban J connectivity index is 1.22. The molecule has 0 aromatic heterocycles. The second kappa shape index (κ2) is 9.08. The molecule has 248 valence electrons. The van der Waals surface area contributed by atoms with Gasteiger partial charge in [-0.3, -0.25) is 9.59 Å². The van der Waals surface area contributed by atoms with Crippen LogP contribution in [-0.4, -0.2) is 40.6 Å². The third-order valence-electron chi connectivity index (χ3n) is 14.5. The number of fused-ring (bicyclic) bond motifs is 9. The van der Waals surface area contributed by atoms with E-state index in [1.165, 1.54) is 12.0 Å². The van der Waals surface area contributed by atoms with Crippen molar-refractivity contribution in [1.82, 2.24) is 0 Å². The van der Waals surface area contributed by atoms with E-state index < -0.39 is 17.5 Å². The summed E-state index contributed by atoms with van der Waals surface area (Å²) in [6.07, 6.45) is 8.86. The summed E-state index contributed by atoms with van der Waals surface area (Å²) in [4.78, 5) is 29.1. The molecule has 1 aromatic carbocycles. The van der Waals surface area contributed by atoms with E-state index in [-0.39, 0.29) is 51.9 Å². The molecule has 5 heterocycles. The largest absolute Gasteiger partial charge is 0.477 e. The number of ketones is 2. The molecule has 0 N–H and O–H groups in total. The van der Waals surface area contributed by atoms with Crippen molar-refractivity contribution in [2.75, 3.05) is 0 Å². The van der Waals surface area contributed by atoms with Gasteiger partial charge in [0, 0.05) is 41.0 Å². The van der Waals surface area contributed by atoms with Crippen LogP contribution in [0.3, 0.4) is 0 Å². The maximum Gasteiger partial charge on any atom is 0.250 e. The molecule has 2 spiro atoms. The Morgan fingerprint density at radius 3 is 2.02 bits per heavy atom. The minimum absolute atomic E-state index is 0.0105. The Morgan fingerprint density at radius 2 is 1.39 bits per heavy atom. The fourth-order valence-electron chi connectivity index (χ4n) is 12.3. The topological polar surface area (TPSA) is 71.1 Å². The highest BCUT2D eigenvalue weighted by Crippen LogP contribution is 2.66. The van der Waals surface area contributed by atoms with E-state index in [0.29, 0.717) is 29.6 Å². The molecule has 0 amide bonds. The second-order valence-corrected chi connectivity index (χ2v) is 18.4. The van der Waals surface area contributed by atoms with Crippen LogP contribution in [0.15, 0.2) is 17.2 Å². The molecule has 6 heteroatoms. The van der Waals surface area contributed by atoms with Gasteiger partial charge in [0.2, 0.25) is 11.4 Å². The van der Waals surface area contributed by atoms with Gasteiger partial charge in [-0.15, -0.1) is 0 Å². The molecule has 3 aliphatic carbocycles. The highest BCUT2D eigenvalue weighted by atomic mass is 16.6. The zero-order valence-electron chi connectivity index (χ0n) is 29.1. The maximum absolute atomic E-state index is 14.7. The van der Waals surface area contributed by atoms with Crippen molar-refractivity contribution in [1.29, 1.82) is 0 Å². The molecule has 46 heavy (non-hydrogen) atoms. The normalized spacial score (nSPS) is 42.4. The van der Waals surface area contributed by atoms with Gasteiger partial charge < -0.3 is 18.9 Å². The Kier molecular flexibility index (Phi) is 5.91. The van der Waals surface area contributed by atoms with Crippen LogP contribution in [-0.2, 0) is 25.5 Å². The van der Waals surface area contributed by atoms with Crippen molar-refractivity contribution in [3.8, 4) is 11.5 Å². The fourth-order valence-corrected chi connectivity index (χ4v) is 12.3. The van der Waals surface area contributed by atoms with Crippen LogP contribution in [0.2, 0.25) is 0 Å². The third kappa shape index (κ3) is 3.51. The van der Waals surface area contributed by atoms with Crippen LogP contribution in [0, 0.1) is 28.6 Å². The first-order valence-corrected chi connectivity index (χ1v) is 18.4. The average Bonchev–Trinajstić information content (AvgIpc) is 3.48. The van der Waals surface area contributed by atoms with E-state index in [0.717, 1.165) is 73.8 Å². The molecule has 8 atom stereocenters. The Hall–Kier alpha value is -2.18. The average molecular weight is 629 g/mol. The third-order valence-corrected chi connectivity index (χ3v) is 14.5. The lowest BCUT2D eigenvalue weighted by atomic mass is 9.59. The van der Waals surface area contributed by atoms with Gasteiger partial charge in [0.15, 0.2) is 17.6 Å². The number of hydrogen-bond acceptors (Lipinski definition) is 6. The number of benzene rings is 1. The van der Waals surface area contributed by atoms with Gasteiger partial charge in [0.05, 0.1) is 23.4 Å². The summed E-state index contributed by atoms with van der Waals surface area (Å²) < 4.78 is 28.6. The molecule has 6 nitrogen and oxygen atoms in total. The number of ether oxygens (including phenoxy) is 4. The van der Waals surface area contributed by atoms with Crippen molar-refractivity contribution in [2.45, 2.75) is 161 Å². The van der Waals surface area contributed by atoms with Crippen LogP contribution >= 0.6 is 0 Å². The molecule has 4 bridgehead atoms. The first kappa shape index (κ1) is 29.9. The molecular weight excluding hydrogens is 576 g/mol. The fraction of sp³-hybridized carbons (Fsp3) is 0.750. The Morgan fingerprint density at radius 1 is 0.783 bits per heavy atom. The summed E-state index contributed by atoms with van der Waals surface area (Å²) in [5.74, 6) is 1.38. The van der Waals surface area contributed by atoms with E-state index in [1.54, 1.807) is 0 Å². The van der Waals surface area contributed by atoms with Crippen LogP contribution in [0.25, 0.3) is 0 Å². The van der Waals surface area contributed by atoms with Crippen molar-refractivity contribution in [3.63, 3.8) is 0 Å². The molecular formula is C40H52O6. The maximum atomic E-state index is 14.7. The molecule has 0 radical (unpaired) electrons. The summed E-state index contributed by atoms with van der Waals surface area (Å²) in [5, 5.41) is 0. The van der Waals surface area contributed by atoms with E-state index >= 15 is 0 Å². The van der Waals surface area contributed by atoms with Gasteiger partial charge in [-0.05, 0) is 78.7 Å². The second-order valence-electron chi connectivity index (χ2n) is 18.4. The van der Waals surface area contributed by atoms with Gasteiger partial charge in [-0.25, -0.2) is 0 Å². The zero-order chi connectivity index (χ0) is 32.3. The van der Waals surface area contributed by atoms with E-state index in [1.807, 2.05) is 13.8 Å². The summed E-state index contributed by atoms with van der Waals surface area (Å²) in [5.41, 5.74) is 3.30. The lowest BCUT2D eigenvalue weighted by Crippen LogP contribution is -2.69. The number of rotatable bonds is 2. The van der Waals surface area contributed by atoms with Gasteiger partial charge in [0.1, 0.15) is 0 Å². The van der Waals surface area contributed by atoms with Gasteiger partial charge in [-0.1, -0.05) is 68.2 Å². The monoisotopic (exact) mass is 628 g/mol. The summed E-state index contributed by atoms with van der Waals surface area (Å²) in [6, 6.07) is 2.33. The van der Waals surface area contributed by atoms with Crippen LogP contribution < -0.4 is 9.47 Å². The van der Waals surface area contributed by atoms with Crippen molar-refractivity contribution >= 4 is 11.6 Å². The number of Topliss-reactive ketones (excluding diaryl/α,β-unsaturated/α-hetero) is 2. The SMILES string of the molecule is CC(C)c1cc2c(c3c1OC1C4=C(CC56CCCC(C)(C)C5CC4O6)C(=O)C(=O)C1(C(C)C)O3)CC13CCCC(C)(C)C1CC2O3. The lowest BCUT2D eigenvalue weighted by molar-refractivity contribution is -0.167. The van der Waals surface area contributed by atoms with Gasteiger partial charge in [-0.2, -0.15) is 0 Å². The predicted octanol–water partition coefficient (Wildman–Crippen LogP) is 8.13. The smallest absolute Gasteiger partial charge is 0.250 e. The van der Waals surface area contributed by atoms with Crippen molar-refractivity contribution in [2.24, 2.45) is 28.6 Å². The molecule has 2 saturated carbocycles. The first-order chi connectivity index (χ1) is 21.6. The Labute approximate surface area is 274 Å². The molecule has 5 aliphatic heterocycles. The van der Waals surface area contributed by atoms with E-state index in [2.05, 4.69) is 47.6 Å². The zero-order valence-corrected chi connectivity index (χ0v) is 29.1. The molecule has 1 aromatic rings. The van der Waals surface area contributed by atoms with E-state index in [9.17, 15) is 9.59 Å². The van der Waals surface area contributed by atoms with Crippen molar-refractivity contribution in [3.05, 3.63) is 33.9 Å². The molecule has 4 fully saturated rings. The highest BCUT2D eigenvalue weighted by molar-refractivity contribution is 6.47. The van der Waals surface area contributed by atoms with Crippen LogP contribution in [0.5, 0.6) is 11.5 Å². The molecule has 9 rings (SSSR count). The number of hydrogen-bond donors (Lipinski definition) is 0. The summed E-state index contributed by atoms with van der Waals surface area (Å²) in [6.45, 7) is 18.0. The highest BCUT2D eigenvalue weighted by Gasteiger charge is 2.70. The first-order valence-electron chi connectivity index (χ1n) is 18.4. The number of carbonyl (C=O) groups excluding carboxylic acids is 2.